The first-order valence-corrected chi connectivity index (χ1v) is 6.30. The van der Waals surface area contributed by atoms with E-state index in [0.29, 0.717) is 13.0 Å². The van der Waals surface area contributed by atoms with Crippen LogP contribution in [-0.4, -0.2) is 25.9 Å². The quantitative estimate of drug-likeness (QED) is 0.882. The molecule has 0 aliphatic rings. The minimum atomic E-state index is -0.0276. The maximum Gasteiger partial charge on any atom is 0.226 e. The topological polar surface area (TPSA) is 75.6 Å². The number of hydrogen-bond acceptors (Lipinski definition) is 3. The molecule has 0 aliphatic carbocycles. The summed E-state index contributed by atoms with van der Waals surface area (Å²) in [6.45, 7) is 8.27. The summed E-state index contributed by atoms with van der Waals surface area (Å²) in [6, 6.07) is 2.00. The first-order chi connectivity index (χ1) is 8.97. The molecule has 2 rings (SSSR count). The van der Waals surface area contributed by atoms with Crippen LogP contribution in [0.25, 0.3) is 0 Å². The van der Waals surface area contributed by atoms with Crippen LogP contribution in [0.3, 0.4) is 0 Å². The van der Waals surface area contributed by atoms with Crippen LogP contribution in [0.2, 0.25) is 0 Å². The van der Waals surface area contributed by atoms with Gasteiger partial charge in [-0.1, -0.05) is 0 Å². The van der Waals surface area contributed by atoms with Gasteiger partial charge in [0.25, 0.3) is 0 Å². The molecular formula is C13H19N5O. The Kier molecular flexibility index (Phi) is 3.69. The third kappa shape index (κ3) is 3.01. The molecule has 6 heteroatoms. The number of aromatic amines is 1. The molecule has 1 amide bonds. The second-order valence-corrected chi connectivity index (χ2v) is 4.76. The number of nitrogens with zero attached hydrogens (tertiary/aromatic N) is 3. The Balaban J connectivity index is 1.94. The molecule has 0 bridgehead atoms. The van der Waals surface area contributed by atoms with Crippen LogP contribution in [0.15, 0.2) is 6.07 Å². The Morgan fingerprint density at radius 3 is 2.63 bits per heavy atom. The number of hydrogen-bond donors (Lipinski definition) is 2. The molecule has 0 atom stereocenters. The fraction of sp³-hybridized carbons (Fsp3) is 0.462. The van der Waals surface area contributed by atoms with Gasteiger partial charge in [0.1, 0.15) is 0 Å². The minimum absolute atomic E-state index is 0.0276. The molecule has 2 aromatic rings. The van der Waals surface area contributed by atoms with Crippen molar-refractivity contribution in [2.24, 2.45) is 0 Å². The SMILES string of the molecule is Cc1cc(C)n(CCC(=O)Nc2c(C)n[nH]c2C)n1. The van der Waals surface area contributed by atoms with Gasteiger partial charge in [-0.3, -0.25) is 14.6 Å². The molecule has 6 nitrogen and oxygen atoms in total. The zero-order chi connectivity index (χ0) is 14.0. The summed E-state index contributed by atoms with van der Waals surface area (Å²) < 4.78 is 1.85. The van der Waals surface area contributed by atoms with Crippen LogP contribution < -0.4 is 5.32 Å². The third-order valence-electron chi connectivity index (χ3n) is 3.05. The standard InChI is InChI=1S/C13H19N5O/c1-8-7-9(2)18(17-8)6-5-12(19)14-13-10(3)15-16-11(13)4/h7H,5-6H2,1-4H3,(H,14,19)(H,15,16). The molecule has 2 N–H and O–H groups in total. The number of carbonyl (C=O) groups excluding carboxylic acids is 1. The van der Waals surface area contributed by atoms with Gasteiger partial charge in [-0.15, -0.1) is 0 Å². The molecular weight excluding hydrogens is 242 g/mol. The van der Waals surface area contributed by atoms with E-state index in [2.05, 4.69) is 20.6 Å². The Bertz CT molecular complexity index is 577. The molecule has 0 spiro atoms. The van der Waals surface area contributed by atoms with Crippen LogP contribution in [0.5, 0.6) is 0 Å². The molecule has 102 valence electrons. The van der Waals surface area contributed by atoms with Crippen LogP contribution >= 0.6 is 0 Å². The van der Waals surface area contributed by atoms with Crippen molar-refractivity contribution >= 4 is 11.6 Å². The van der Waals surface area contributed by atoms with E-state index in [1.54, 1.807) is 0 Å². The van der Waals surface area contributed by atoms with Gasteiger partial charge in [0, 0.05) is 18.7 Å². The van der Waals surface area contributed by atoms with Gasteiger partial charge in [0.15, 0.2) is 0 Å². The summed E-state index contributed by atoms with van der Waals surface area (Å²) in [5.41, 5.74) is 4.49. The maximum absolute atomic E-state index is 11.9. The van der Waals surface area contributed by atoms with Crippen LogP contribution in [0.1, 0.15) is 29.2 Å². The van der Waals surface area contributed by atoms with Gasteiger partial charge in [-0.25, -0.2) is 0 Å². The monoisotopic (exact) mass is 261 g/mol. The molecule has 19 heavy (non-hydrogen) atoms. The zero-order valence-corrected chi connectivity index (χ0v) is 11.7. The third-order valence-corrected chi connectivity index (χ3v) is 3.05. The average Bonchev–Trinajstić information content (AvgIpc) is 2.83. The average molecular weight is 261 g/mol. The molecule has 0 aliphatic heterocycles. The highest BCUT2D eigenvalue weighted by Crippen LogP contribution is 2.16. The van der Waals surface area contributed by atoms with Gasteiger partial charge < -0.3 is 5.32 Å². The lowest BCUT2D eigenvalue weighted by atomic mass is 10.3. The lowest BCUT2D eigenvalue weighted by Gasteiger charge is -2.06. The van der Waals surface area contributed by atoms with Crippen molar-refractivity contribution in [2.45, 2.75) is 40.7 Å². The van der Waals surface area contributed by atoms with E-state index < -0.39 is 0 Å². The number of carbonyl (C=O) groups is 1. The van der Waals surface area contributed by atoms with Crippen molar-refractivity contribution in [1.29, 1.82) is 0 Å². The molecule has 2 aromatic heterocycles. The van der Waals surface area contributed by atoms with Crippen molar-refractivity contribution in [3.05, 3.63) is 28.8 Å². The van der Waals surface area contributed by atoms with Gasteiger partial charge in [0.05, 0.1) is 22.8 Å². The number of nitrogens with one attached hydrogen (secondary N) is 2. The van der Waals surface area contributed by atoms with Crippen LogP contribution in [0, 0.1) is 27.7 Å². The predicted molar refractivity (Wildman–Crippen MR) is 73.0 cm³/mol. The number of rotatable bonds is 4. The van der Waals surface area contributed by atoms with E-state index in [1.807, 2.05) is 38.4 Å². The largest absolute Gasteiger partial charge is 0.323 e. The number of aromatic nitrogens is 4. The zero-order valence-electron chi connectivity index (χ0n) is 11.7. The minimum Gasteiger partial charge on any atom is -0.323 e. The van der Waals surface area contributed by atoms with E-state index in [9.17, 15) is 4.79 Å². The van der Waals surface area contributed by atoms with Crippen LogP contribution in [0.4, 0.5) is 5.69 Å². The van der Waals surface area contributed by atoms with Gasteiger partial charge >= 0.3 is 0 Å². The summed E-state index contributed by atoms with van der Waals surface area (Å²) in [4.78, 5) is 11.9. The van der Waals surface area contributed by atoms with Gasteiger partial charge in [-0.2, -0.15) is 10.2 Å². The van der Waals surface area contributed by atoms with E-state index in [1.165, 1.54) is 0 Å². The molecule has 0 fully saturated rings. The number of anilines is 1. The Morgan fingerprint density at radius 1 is 1.37 bits per heavy atom. The van der Waals surface area contributed by atoms with Crippen molar-refractivity contribution in [3.63, 3.8) is 0 Å². The van der Waals surface area contributed by atoms with Gasteiger partial charge in [0.2, 0.25) is 5.91 Å². The lowest BCUT2D eigenvalue weighted by Crippen LogP contribution is -2.16. The second kappa shape index (κ2) is 5.26. The van der Waals surface area contributed by atoms with Crippen molar-refractivity contribution in [1.82, 2.24) is 20.0 Å². The second-order valence-electron chi connectivity index (χ2n) is 4.76. The highest BCUT2D eigenvalue weighted by Gasteiger charge is 2.10. The molecule has 0 radical (unpaired) electrons. The summed E-state index contributed by atoms with van der Waals surface area (Å²) in [7, 11) is 0. The molecule has 0 saturated carbocycles. The summed E-state index contributed by atoms with van der Waals surface area (Å²) in [6.07, 6.45) is 0.395. The summed E-state index contributed by atoms with van der Waals surface area (Å²) in [5.74, 6) is -0.0276. The fourth-order valence-electron chi connectivity index (χ4n) is 2.05. The summed E-state index contributed by atoms with van der Waals surface area (Å²) in [5, 5.41) is 14.1. The molecule has 2 heterocycles. The Labute approximate surface area is 112 Å². The lowest BCUT2D eigenvalue weighted by molar-refractivity contribution is -0.116. The molecule has 0 aromatic carbocycles. The molecule has 0 unspecified atom stereocenters. The first kappa shape index (κ1) is 13.3. The van der Waals surface area contributed by atoms with E-state index in [-0.39, 0.29) is 5.91 Å². The van der Waals surface area contributed by atoms with Crippen LogP contribution in [-0.2, 0) is 11.3 Å². The van der Waals surface area contributed by atoms with E-state index in [4.69, 9.17) is 0 Å². The first-order valence-electron chi connectivity index (χ1n) is 6.30. The normalized spacial score (nSPS) is 10.7. The van der Waals surface area contributed by atoms with Crippen molar-refractivity contribution in [2.75, 3.05) is 5.32 Å². The number of amides is 1. The molecule has 0 saturated heterocycles. The Hall–Kier alpha value is -2.11. The number of aryl methyl sites for hydroxylation is 5. The predicted octanol–water partition coefficient (Wildman–Crippen LogP) is 1.87. The number of H-pyrrole nitrogens is 1. The maximum atomic E-state index is 11.9. The smallest absolute Gasteiger partial charge is 0.226 e. The summed E-state index contributed by atoms with van der Waals surface area (Å²) >= 11 is 0. The van der Waals surface area contributed by atoms with Crippen molar-refractivity contribution in [3.8, 4) is 0 Å². The van der Waals surface area contributed by atoms with Crippen molar-refractivity contribution < 1.29 is 4.79 Å². The highest BCUT2D eigenvalue weighted by molar-refractivity contribution is 5.91. The van der Waals surface area contributed by atoms with E-state index >= 15 is 0 Å². The van der Waals surface area contributed by atoms with E-state index in [0.717, 1.165) is 28.5 Å². The highest BCUT2D eigenvalue weighted by atomic mass is 16.1. The Morgan fingerprint density at radius 2 is 2.11 bits per heavy atom. The fourth-order valence-corrected chi connectivity index (χ4v) is 2.05. The van der Waals surface area contributed by atoms with Gasteiger partial charge in [-0.05, 0) is 33.8 Å².